The van der Waals surface area contributed by atoms with E-state index in [4.69, 9.17) is 4.74 Å². The van der Waals surface area contributed by atoms with Crippen molar-refractivity contribution in [2.45, 2.75) is 19.4 Å². The van der Waals surface area contributed by atoms with Crippen molar-refractivity contribution in [3.05, 3.63) is 71.0 Å². The number of halogens is 1. The Balaban J connectivity index is 1.91. The van der Waals surface area contributed by atoms with E-state index in [1.165, 1.54) is 12.1 Å². The highest BCUT2D eigenvalue weighted by Crippen LogP contribution is 2.19. The summed E-state index contributed by atoms with van der Waals surface area (Å²) >= 11 is 0. The molecule has 0 aliphatic carbocycles. The molecule has 0 aliphatic heterocycles. The molecule has 1 N–H and O–H groups in total. The zero-order valence-electron chi connectivity index (χ0n) is 12.8. The number of hydrogen-bond donors (Lipinski definition) is 1. The fraction of sp³-hybridized carbons (Fsp3) is 0.278. The second kappa shape index (κ2) is 7.71. The van der Waals surface area contributed by atoms with Gasteiger partial charge in [-0.2, -0.15) is 0 Å². The average molecular weight is 301 g/mol. The third kappa shape index (κ3) is 4.40. The Morgan fingerprint density at radius 2 is 1.86 bits per heavy atom. The summed E-state index contributed by atoms with van der Waals surface area (Å²) in [5.41, 5.74) is 2.97. The molecule has 2 aromatic rings. The van der Waals surface area contributed by atoms with Crippen molar-refractivity contribution in [3.63, 3.8) is 0 Å². The van der Waals surface area contributed by atoms with Crippen LogP contribution in [0, 0.1) is 12.7 Å². The predicted molar refractivity (Wildman–Crippen MR) is 84.0 cm³/mol. The number of rotatable bonds is 6. The van der Waals surface area contributed by atoms with E-state index in [0.717, 1.165) is 16.7 Å². The zero-order chi connectivity index (χ0) is 15.9. The minimum absolute atomic E-state index is 0.109. The molecule has 0 aliphatic rings. The molecule has 0 saturated heterocycles. The summed E-state index contributed by atoms with van der Waals surface area (Å²) in [6.45, 7) is 2.42. The number of nitrogens with one attached hydrogen (secondary N) is 1. The molecule has 0 spiro atoms. The minimum Gasteiger partial charge on any atom is -0.375 e. The molecule has 3 nitrogen and oxygen atoms in total. The minimum atomic E-state index is -0.303. The maximum absolute atomic E-state index is 12.8. The van der Waals surface area contributed by atoms with Gasteiger partial charge in [-0.15, -0.1) is 0 Å². The Bertz CT molecular complexity index is 625. The highest BCUT2D eigenvalue weighted by molar-refractivity contribution is 5.78. The number of carbonyl (C=O) groups is 1. The van der Waals surface area contributed by atoms with Crippen LogP contribution >= 0.6 is 0 Å². The number of amides is 1. The highest BCUT2D eigenvalue weighted by Gasteiger charge is 2.14. The van der Waals surface area contributed by atoms with Crippen molar-refractivity contribution in [1.82, 2.24) is 5.32 Å². The molecule has 4 heteroatoms. The standard InChI is InChI=1S/C18H20FNO2/c1-13-5-3-4-6-16(13)17(22-2)12-20-18(21)11-14-7-9-15(19)10-8-14/h3-10,17H,11-12H2,1-2H3,(H,20,21). The van der Waals surface area contributed by atoms with E-state index in [0.29, 0.717) is 6.54 Å². The molecule has 1 amide bonds. The first kappa shape index (κ1) is 16.2. The predicted octanol–water partition coefficient (Wildman–Crippen LogP) is 3.18. The summed E-state index contributed by atoms with van der Waals surface area (Å²) in [5.74, 6) is -0.412. The third-order valence-corrected chi connectivity index (χ3v) is 3.58. The number of methoxy groups -OCH3 is 1. The van der Waals surface area contributed by atoms with Crippen LogP contribution in [-0.4, -0.2) is 19.6 Å². The maximum Gasteiger partial charge on any atom is 0.224 e. The van der Waals surface area contributed by atoms with E-state index in [2.05, 4.69) is 5.32 Å². The normalized spacial score (nSPS) is 12.0. The molecule has 0 fully saturated rings. The molecule has 0 aromatic heterocycles. The fourth-order valence-corrected chi connectivity index (χ4v) is 2.32. The molecule has 2 rings (SSSR count). The Morgan fingerprint density at radius 1 is 1.18 bits per heavy atom. The van der Waals surface area contributed by atoms with E-state index in [1.807, 2.05) is 31.2 Å². The third-order valence-electron chi connectivity index (χ3n) is 3.58. The molecule has 0 bridgehead atoms. The van der Waals surface area contributed by atoms with Crippen molar-refractivity contribution in [3.8, 4) is 0 Å². The van der Waals surface area contributed by atoms with Crippen LogP contribution in [0.3, 0.4) is 0 Å². The molecule has 0 heterocycles. The maximum atomic E-state index is 12.8. The van der Waals surface area contributed by atoms with Gasteiger partial charge in [0.25, 0.3) is 0 Å². The quantitative estimate of drug-likeness (QED) is 0.890. The van der Waals surface area contributed by atoms with Gasteiger partial charge >= 0.3 is 0 Å². The van der Waals surface area contributed by atoms with Gasteiger partial charge in [-0.05, 0) is 35.7 Å². The van der Waals surface area contributed by atoms with E-state index in [9.17, 15) is 9.18 Å². The van der Waals surface area contributed by atoms with Gasteiger partial charge in [0.1, 0.15) is 5.82 Å². The zero-order valence-corrected chi connectivity index (χ0v) is 12.8. The number of aryl methyl sites for hydroxylation is 1. The van der Waals surface area contributed by atoms with Gasteiger partial charge in [0.2, 0.25) is 5.91 Å². The molecule has 22 heavy (non-hydrogen) atoms. The van der Waals surface area contributed by atoms with Crippen LogP contribution < -0.4 is 5.32 Å². The number of hydrogen-bond acceptors (Lipinski definition) is 2. The van der Waals surface area contributed by atoms with Gasteiger partial charge in [0.05, 0.1) is 12.5 Å². The summed E-state index contributed by atoms with van der Waals surface area (Å²) in [7, 11) is 1.63. The van der Waals surface area contributed by atoms with Crippen LogP contribution in [0.2, 0.25) is 0 Å². The largest absolute Gasteiger partial charge is 0.375 e. The summed E-state index contributed by atoms with van der Waals surface area (Å²) in [6, 6.07) is 13.9. The summed E-state index contributed by atoms with van der Waals surface area (Å²) in [4.78, 5) is 12.0. The van der Waals surface area contributed by atoms with Crippen LogP contribution in [0.25, 0.3) is 0 Å². The van der Waals surface area contributed by atoms with Crippen LogP contribution in [0.4, 0.5) is 4.39 Å². The molecular weight excluding hydrogens is 281 g/mol. The summed E-state index contributed by atoms with van der Waals surface area (Å²) in [6.07, 6.45) is 0.0446. The van der Waals surface area contributed by atoms with Crippen molar-refractivity contribution in [1.29, 1.82) is 0 Å². The van der Waals surface area contributed by atoms with Crippen LogP contribution in [-0.2, 0) is 16.0 Å². The number of ether oxygens (including phenoxy) is 1. The molecular formula is C18H20FNO2. The van der Waals surface area contributed by atoms with Gasteiger partial charge in [-0.3, -0.25) is 4.79 Å². The fourth-order valence-electron chi connectivity index (χ4n) is 2.32. The lowest BCUT2D eigenvalue weighted by molar-refractivity contribution is -0.121. The van der Waals surface area contributed by atoms with Gasteiger partial charge in [0.15, 0.2) is 0 Å². The Morgan fingerprint density at radius 3 is 2.50 bits per heavy atom. The lowest BCUT2D eigenvalue weighted by Crippen LogP contribution is -2.30. The molecule has 116 valence electrons. The summed E-state index contributed by atoms with van der Waals surface area (Å²) < 4.78 is 18.3. The first-order valence-electron chi connectivity index (χ1n) is 7.19. The van der Waals surface area contributed by atoms with Crippen LogP contribution in [0.1, 0.15) is 22.8 Å². The van der Waals surface area contributed by atoms with Crippen molar-refractivity contribution < 1.29 is 13.9 Å². The Labute approximate surface area is 130 Å². The van der Waals surface area contributed by atoms with Crippen molar-refractivity contribution in [2.75, 3.05) is 13.7 Å². The molecule has 1 atom stereocenters. The second-order valence-corrected chi connectivity index (χ2v) is 5.19. The van der Waals surface area contributed by atoms with Gasteiger partial charge < -0.3 is 10.1 Å². The van der Waals surface area contributed by atoms with Crippen LogP contribution in [0.5, 0.6) is 0 Å². The van der Waals surface area contributed by atoms with E-state index in [1.54, 1.807) is 19.2 Å². The van der Waals surface area contributed by atoms with Gasteiger partial charge in [0, 0.05) is 13.7 Å². The molecule has 0 radical (unpaired) electrons. The van der Waals surface area contributed by atoms with E-state index < -0.39 is 0 Å². The van der Waals surface area contributed by atoms with Gasteiger partial charge in [-0.1, -0.05) is 36.4 Å². The van der Waals surface area contributed by atoms with Gasteiger partial charge in [-0.25, -0.2) is 4.39 Å². The summed E-state index contributed by atoms with van der Waals surface area (Å²) in [5, 5.41) is 2.86. The first-order chi connectivity index (χ1) is 10.6. The monoisotopic (exact) mass is 301 g/mol. The Kier molecular flexibility index (Phi) is 5.67. The second-order valence-electron chi connectivity index (χ2n) is 5.19. The number of carbonyl (C=O) groups excluding carboxylic acids is 1. The van der Waals surface area contributed by atoms with Crippen molar-refractivity contribution >= 4 is 5.91 Å². The first-order valence-corrected chi connectivity index (χ1v) is 7.19. The average Bonchev–Trinajstić information content (AvgIpc) is 2.52. The Hall–Kier alpha value is -2.20. The van der Waals surface area contributed by atoms with Crippen LogP contribution in [0.15, 0.2) is 48.5 Å². The molecule has 1 unspecified atom stereocenters. The molecule has 2 aromatic carbocycles. The van der Waals surface area contributed by atoms with E-state index in [-0.39, 0.29) is 24.2 Å². The van der Waals surface area contributed by atoms with Crippen molar-refractivity contribution in [2.24, 2.45) is 0 Å². The topological polar surface area (TPSA) is 38.3 Å². The molecule has 0 saturated carbocycles. The number of benzene rings is 2. The van der Waals surface area contributed by atoms with E-state index >= 15 is 0 Å². The lowest BCUT2D eigenvalue weighted by Gasteiger charge is -2.18. The SMILES string of the molecule is COC(CNC(=O)Cc1ccc(F)cc1)c1ccccc1C. The lowest BCUT2D eigenvalue weighted by atomic mass is 10.0. The highest BCUT2D eigenvalue weighted by atomic mass is 19.1. The smallest absolute Gasteiger partial charge is 0.224 e.